The summed E-state index contributed by atoms with van der Waals surface area (Å²) >= 11 is 0. The number of para-hydroxylation sites is 2. The summed E-state index contributed by atoms with van der Waals surface area (Å²) in [6.45, 7) is 14.5. The van der Waals surface area contributed by atoms with Crippen molar-refractivity contribution in [2.45, 2.75) is 53.7 Å². The molecule has 1 radical (unpaired) electrons. The average Bonchev–Trinajstić information content (AvgIpc) is 3.75. The number of rotatable bonds is 5. The zero-order valence-electron chi connectivity index (χ0n) is 34.2. The third-order valence-corrected chi connectivity index (χ3v) is 11.5. The number of benzene rings is 5. The fourth-order valence-corrected chi connectivity index (χ4v) is 8.38. The first-order valence-corrected chi connectivity index (χ1v) is 21.9. The van der Waals surface area contributed by atoms with E-state index in [1.165, 1.54) is 10.8 Å². The van der Waals surface area contributed by atoms with Crippen molar-refractivity contribution in [3.05, 3.63) is 151 Å². The summed E-state index contributed by atoms with van der Waals surface area (Å²) in [4.78, 5) is 14.3. The maximum absolute atomic E-state index is 8.75. The molecule has 7 heteroatoms. The molecule has 277 valence electrons. The van der Waals surface area contributed by atoms with Crippen LogP contribution in [0.2, 0.25) is 19.6 Å². The molecule has 0 atom stereocenters. The Hall–Kier alpha value is -5.20. The molecule has 9 aromatic rings. The van der Waals surface area contributed by atoms with Crippen molar-refractivity contribution in [2.24, 2.45) is 5.41 Å². The Balaban J connectivity index is 0.000000184. The van der Waals surface area contributed by atoms with E-state index >= 15 is 0 Å². The van der Waals surface area contributed by atoms with Crippen LogP contribution in [-0.4, -0.2) is 27.6 Å². The predicted molar refractivity (Wildman–Crippen MR) is 227 cm³/mol. The summed E-state index contributed by atoms with van der Waals surface area (Å²) in [6.07, 6.45) is 0.469. The van der Waals surface area contributed by atoms with Gasteiger partial charge in [-0.1, -0.05) is 112 Å². The Morgan fingerprint density at radius 2 is 1.55 bits per heavy atom. The first-order valence-electron chi connectivity index (χ1n) is 19.4. The molecule has 0 saturated carbocycles. The summed E-state index contributed by atoms with van der Waals surface area (Å²) in [5, 5.41) is 5.46. The van der Waals surface area contributed by atoms with Crippen LogP contribution in [0.15, 0.2) is 132 Å². The maximum atomic E-state index is 8.75. The summed E-state index contributed by atoms with van der Waals surface area (Å²) < 4.78 is 26.0. The quantitative estimate of drug-likeness (QED) is 0.127. The monoisotopic (exact) mass is 915 g/mol. The van der Waals surface area contributed by atoms with Crippen molar-refractivity contribution < 1.29 is 27.3 Å². The molecule has 0 saturated heterocycles. The number of imidazole rings is 1. The number of pyridine rings is 2. The molecule has 9 rings (SSSR count). The molecule has 0 N–H and O–H groups in total. The number of hydrogen-bond acceptors (Lipinski definition) is 4. The number of furan rings is 1. The van der Waals surface area contributed by atoms with E-state index in [2.05, 4.69) is 101 Å². The van der Waals surface area contributed by atoms with Crippen LogP contribution in [-0.2, 0) is 26.5 Å². The molecule has 0 bridgehead atoms. The van der Waals surface area contributed by atoms with Crippen LogP contribution in [0.3, 0.4) is 0 Å². The zero-order chi connectivity index (χ0) is 39.4. The van der Waals surface area contributed by atoms with E-state index in [0.29, 0.717) is 5.71 Å². The van der Waals surface area contributed by atoms with E-state index in [4.69, 9.17) is 12.1 Å². The summed E-state index contributed by atoms with van der Waals surface area (Å²) in [5.41, 5.74) is 8.18. The Labute approximate surface area is 340 Å². The molecule has 0 fully saturated rings. The van der Waals surface area contributed by atoms with Gasteiger partial charge in [-0.3, -0.25) is 4.98 Å². The molecule has 0 aliphatic rings. The molecule has 5 aromatic carbocycles. The van der Waals surface area contributed by atoms with Crippen LogP contribution in [0.1, 0.15) is 34.8 Å². The van der Waals surface area contributed by atoms with Crippen molar-refractivity contribution in [2.75, 3.05) is 0 Å². The Morgan fingerprint density at radius 3 is 2.33 bits per heavy atom. The largest absolute Gasteiger partial charge is 0.486 e. The summed E-state index contributed by atoms with van der Waals surface area (Å²) in [7, 11) is -1.70. The van der Waals surface area contributed by atoms with Gasteiger partial charge >= 0.3 is 0 Å². The fourth-order valence-electron chi connectivity index (χ4n) is 6.98. The smallest absolute Gasteiger partial charge is 0.216 e. The number of hydrogen-bond donors (Lipinski definition) is 0. The molecule has 0 unspecified atom stereocenters. The molecule has 0 spiro atoms. The molecule has 0 aliphatic heterocycles. The second-order valence-corrected chi connectivity index (χ2v) is 20.8. The molecule has 5 nitrogen and oxygen atoms in total. The van der Waals surface area contributed by atoms with Crippen molar-refractivity contribution >= 4 is 57.1 Å². The van der Waals surface area contributed by atoms with Gasteiger partial charge < -0.3 is 14.0 Å². The van der Waals surface area contributed by atoms with E-state index in [9.17, 15) is 0 Å². The topological polar surface area (TPSA) is 56.7 Å². The first-order chi connectivity index (χ1) is 26.7. The third kappa shape index (κ3) is 7.70. The van der Waals surface area contributed by atoms with Gasteiger partial charge in [-0.05, 0) is 65.3 Å². The zero-order valence-corrected chi connectivity index (χ0v) is 35.5. The van der Waals surface area contributed by atoms with Gasteiger partial charge in [0.2, 0.25) is 5.71 Å². The normalized spacial score (nSPS) is 12.6. The Kier molecular flexibility index (Phi) is 9.77. The average molecular weight is 915 g/mol. The van der Waals surface area contributed by atoms with Gasteiger partial charge in [-0.15, -0.1) is 54.1 Å². The summed E-state index contributed by atoms with van der Waals surface area (Å²) in [6, 6.07) is 47.3. The first kappa shape index (κ1) is 35.5. The van der Waals surface area contributed by atoms with E-state index in [-0.39, 0.29) is 20.1 Å². The van der Waals surface area contributed by atoms with Crippen molar-refractivity contribution in [1.82, 2.24) is 19.5 Å². The van der Waals surface area contributed by atoms with Gasteiger partial charge in [0, 0.05) is 51.2 Å². The summed E-state index contributed by atoms with van der Waals surface area (Å²) in [5.74, 6) is 0.800. The van der Waals surface area contributed by atoms with Crippen molar-refractivity contribution in [3.8, 4) is 28.3 Å². The second kappa shape index (κ2) is 15.1. The Bertz CT molecular complexity index is 2880. The predicted octanol–water partition coefficient (Wildman–Crippen LogP) is 11.9. The van der Waals surface area contributed by atoms with Crippen LogP contribution < -0.4 is 5.19 Å². The Morgan fingerprint density at radius 1 is 0.782 bits per heavy atom. The van der Waals surface area contributed by atoms with Crippen molar-refractivity contribution in [3.63, 3.8) is 0 Å². The number of fused-ring (bicyclic) bond motifs is 5. The standard InChI is InChI=1S/C29H18N3O.C19H26NSi.Ir/c1-18-16-17-22-21-11-7-12-23(27(21)33-29(22)30-18)28-31-24-13-4-5-14-26(24)32(28)25-15-6-9-19-8-2-3-10-20(19)25;1-19(2,3)13-16-12-17(15-10-8-7-9-11-15)20-14-18(16)21(4,5)6;/h2-11,13-17H,1H3;7-10,12,14H,13H2,1-6H3;/q2*-1;/i;13D2;. The molecular weight excluding hydrogens is 869 g/mol. The minimum absolute atomic E-state index is 0. The number of aromatic nitrogens is 4. The van der Waals surface area contributed by atoms with Crippen LogP contribution in [0.5, 0.6) is 0 Å². The van der Waals surface area contributed by atoms with Crippen LogP contribution in [0.4, 0.5) is 0 Å². The van der Waals surface area contributed by atoms with Crippen LogP contribution in [0, 0.1) is 24.5 Å². The molecule has 55 heavy (non-hydrogen) atoms. The molecule has 0 aliphatic carbocycles. The van der Waals surface area contributed by atoms with Gasteiger partial charge in [0.1, 0.15) is 0 Å². The van der Waals surface area contributed by atoms with Gasteiger partial charge in [-0.2, -0.15) is 0 Å². The maximum Gasteiger partial charge on any atom is 0.216 e. The van der Waals surface area contributed by atoms with Gasteiger partial charge in [0.15, 0.2) is 0 Å². The van der Waals surface area contributed by atoms with Gasteiger partial charge in [0.25, 0.3) is 0 Å². The second-order valence-electron chi connectivity index (χ2n) is 15.8. The molecule has 0 amide bonds. The van der Waals surface area contributed by atoms with Crippen LogP contribution in [0.25, 0.3) is 72.2 Å². The minimum atomic E-state index is -1.70. The van der Waals surface area contributed by atoms with E-state index in [1.54, 1.807) is 0 Å². The van der Waals surface area contributed by atoms with Crippen molar-refractivity contribution in [1.29, 1.82) is 0 Å². The van der Waals surface area contributed by atoms with Gasteiger partial charge in [-0.25, -0.2) is 4.98 Å². The minimum Gasteiger partial charge on any atom is -0.486 e. The SMILES string of the molecule is Cc1ccc2c(n1)oc1c(-c3nc4ccccc4n3-c3cccc4ccccc34)[c-]ccc12.[2H]C([2H])(c1cc(-c2[c-]cccc2)ncc1[Si](C)(C)C)C(C)(C)C.[Ir]. The number of aryl methyl sites for hydroxylation is 1. The van der Waals surface area contributed by atoms with Crippen LogP contribution >= 0.6 is 0 Å². The van der Waals surface area contributed by atoms with E-state index < -0.39 is 19.9 Å². The fraction of sp³-hybridized carbons (Fsp3) is 0.188. The van der Waals surface area contributed by atoms with Gasteiger partial charge in [0.05, 0.1) is 30.5 Å². The van der Waals surface area contributed by atoms with E-state index in [0.717, 1.165) is 72.2 Å². The third-order valence-electron chi connectivity index (χ3n) is 9.44. The molecule has 4 aromatic heterocycles. The number of nitrogens with zero attached hydrogens (tertiary/aromatic N) is 4. The molecular formula is C48H44IrN4OSi-2. The van der Waals surface area contributed by atoms with E-state index in [1.807, 2.05) is 101 Å². The molecule has 4 heterocycles.